The lowest BCUT2D eigenvalue weighted by Gasteiger charge is -1.93. The molecule has 0 radical (unpaired) electrons. The summed E-state index contributed by atoms with van der Waals surface area (Å²) in [6.45, 7) is 0. The largest absolute Gasteiger partial charge is 0.381 e. The number of aromatic nitrogens is 2. The quantitative estimate of drug-likeness (QED) is 0.658. The molecule has 0 bridgehead atoms. The zero-order chi connectivity index (χ0) is 11.1. The number of H-pyrrole nitrogens is 1. The Hall–Kier alpha value is -2.30. The van der Waals surface area contributed by atoms with Gasteiger partial charge in [0.2, 0.25) is 0 Å². The smallest absolute Gasteiger partial charge is 0.171 e. The molecule has 3 N–H and O–H groups in total. The number of hydrogen-bond acceptors (Lipinski definition) is 3. The molecule has 5 heteroatoms. The van der Waals surface area contributed by atoms with E-state index in [4.69, 9.17) is 10.3 Å². The number of hydrogen-bond donors (Lipinski definition) is 2. The number of nitrogens with one attached hydrogen (secondary N) is 1. The predicted octanol–water partition coefficient (Wildman–Crippen LogP) is 2.54. The highest BCUT2D eigenvalue weighted by Crippen LogP contribution is 2.29. The number of fused-ring (bicyclic) bond motifs is 1. The standard InChI is InChI=1S/C11H8FN3O/c12-6-1-2-7-8(5-14-9(7)3-6)10-4-11(13)15-16-10/h1-5,14H,(H2,13,15). The SMILES string of the molecule is Nc1cc(-c2c[nH]c3cc(F)ccc23)on1. The van der Waals surface area contributed by atoms with Crippen molar-refractivity contribution in [2.75, 3.05) is 5.73 Å². The van der Waals surface area contributed by atoms with Crippen molar-refractivity contribution in [3.8, 4) is 11.3 Å². The van der Waals surface area contributed by atoms with Gasteiger partial charge in [-0.25, -0.2) is 4.39 Å². The highest BCUT2D eigenvalue weighted by molar-refractivity contribution is 5.94. The molecule has 0 amide bonds. The summed E-state index contributed by atoms with van der Waals surface area (Å²) in [4.78, 5) is 2.97. The number of aromatic amines is 1. The highest BCUT2D eigenvalue weighted by atomic mass is 19.1. The third kappa shape index (κ3) is 1.25. The van der Waals surface area contributed by atoms with Gasteiger partial charge in [0.15, 0.2) is 11.6 Å². The number of halogens is 1. The van der Waals surface area contributed by atoms with Gasteiger partial charge >= 0.3 is 0 Å². The molecule has 3 aromatic rings. The van der Waals surface area contributed by atoms with Gasteiger partial charge < -0.3 is 15.2 Å². The van der Waals surface area contributed by atoms with Crippen LogP contribution in [0.25, 0.3) is 22.2 Å². The van der Waals surface area contributed by atoms with Crippen molar-refractivity contribution in [2.45, 2.75) is 0 Å². The lowest BCUT2D eigenvalue weighted by Crippen LogP contribution is -1.79. The maximum atomic E-state index is 13.0. The molecule has 2 heterocycles. The van der Waals surface area contributed by atoms with E-state index in [-0.39, 0.29) is 5.82 Å². The number of anilines is 1. The van der Waals surface area contributed by atoms with Crippen LogP contribution in [0, 0.1) is 5.82 Å². The second-order valence-corrected chi connectivity index (χ2v) is 3.51. The monoisotopic (exact) mass is 217 g/mol. The van der Waals surface area contributed by atoms with Crippen molar-refractivity contribution in [3.63, 3.8) is 0 Å². The van der Waals surface area contributed by atoms with E-state index in [0.717, 1.165) is 10.9 Å². The molecule has 16 heavy (non-hydrogen) atoms. The molecule has 0 spiro atoms. The second kappa shape index (κ2) is 3.10. The van der Waals surface area contributed by atoms with E-state index in [2.05, 4.69) is 10.1 Å². The first-order valence-electron chi connectivity index (χ1n) is 4.73. The van der Waals surface area contributed by atoms with Crippen LogP contribution in [0.2, 0.25) is 0 Å². The summed E-state index contributed by atoms with van der Waals surface area (Å²) in [6.07, 6.45) is 1.74. The second-order valence-electron chi connectivity index (χ2n) is 3.51. The molecular formula is C11H8FN3O. The Labute approximate surface area is 89.9 Å². The normalized spacial score (nSPS) is 11.1. The van der Waals surface area contributed by atoms with Gasteiger partial charge in [0.25, 0.3) is 0 Å². The molecule has 3 rings (SSSR count). The molecule has 0 aliphatic rings. The minimum atomic E-state index is -0.280. The van der Waals surface area contributed by atoms with Crippen LogP contribution in [0.3, 0.4) is 0 Å². The van der Waals surface area contributed by atoms with Crippen LogP contribution >= 0.6 is 0 Å². The molecule has 0 fully saturated rings. The zero-order valence-electron chi connectivity index (χ0n) is 8.20. The van der Waals surface area contributed by atoms with Gasteiger partial charge in [-0.2, -0.15) is 0 Å². The van der Waals surface area contributed by atoms with Crippen molar-refractivity contribution in [1.29, 1.82) is 0 Å². The van der Waals surface area contributed by atoms with Crippen LogP contribution in [-0.2, 0) is 0 Å². The van der Waals surface area contributed by atoms with Crippen LogP contribution in [0.4, 0.5) is 10.2 Å². The number of nitrogens with zero attached hydrogens (tertiary/aromatic N) is 1. The summed E-state index contributed by atoms with van der Waals surface area (Å²) < 4.78 is 18.0. The van der Waals surface area contributed by atoms with Crippen LogP contribution in [0.5, 0.6) is 0 Å². The average molecular weight is 217 g/mol. The first-order chi connectivity index (χ1) is 7.74. The Morgan fingerprint density at radius 3 is 2.94 bits per heavy atom. The summed E-state index contributed by atoms with van der Waals surface area (Å²) >= 11 is 0. The molecule has 0 aliphatic carbocycles. The first kappa shape index (κ1) is 8.96. The average Bonchev–Trinajstić information content (AvgIpc) is 2.83. The summed E-state index contributed by atoms with van der Waals surface area (Å²) in [7, 11) is 0. The van der Waals surface area contributed by atoms with Crippen LogP contribution in [0.1, 0.15) is 0 Å². The maximum Gasteiger partial charge on any atom is 0.171 e. The Balaban J connectivity index is 2.25. The number of nitrogens with two attached hydrogens (primary N) is 1. The molecule has 1 aromatic carbocycles. The van der Waals surface area contributed by atoms with E-state index in [9.17, 15) is 4.39 Å². The number of rotatable bonds is 1. The molecule has 0 saturated carbocycles. The minimum Gasteiger partial charge on any atom is -0.381 e. The van der Waals surface area contributed by atoms with E-state index in [1.54, 1.807) is 18.3 Å². The van der Waals surface area contributed by atoms with E-state index in [0.29, 0.717) is 17.1 Å². The van der Waals surface area contributed by atoms with E-state index in [1.165, 1.54) is 12.1 Å². The van der Waals surface area contributed by atoms with Crippen LogP contribution < -0.4 is 5.73 Å². The first-order valence-corrected chi connectivity index (χ1v) is 4.73. The van der Waals surface area contributed by atoms with Crippen molar-refractivity contribution in [2.24, 2.45) is 0 Å². The Kier molecular flexibility index (Phi) is 1.73. The van der Waals surface area contributed by atoms with Gasteiger partial charge in [0.1, 0.15) is 5.82 Å². The lowest BCUT2D eigenvalue weighted by atomic mass is 10.1. The van der Waals surface area contributed by atoms with Gasteiger partial charge in [0.05, 0.1) is 0 Å². The third-order valence-corrected chi connectivity index (χ3v) is 2.44. The molecule has 0 aliphatic heterocycles. The maximum absolute atomic E-state index is 13.0. The van der Waals surface area contributed by atoms with E-state index < -0.39 is 0 Å². The molecular weight excluding hydrogens is 209 g/mol. The summed E-state index contributed by atoms with van der Waals surface area (Å²) in [5.41, 5.74) is 7.01. The summed E-state index contributed by atoms with van der Waals surface area (Å²) in [5, 5.41) is 4.48. The Bertz CT molecular complexity index is 656. The molecule has 0 saturated heterocycles. The van der Waals surface area contributed by atoms with E-state index >= 15 is 0 Å². The van der Waals surface area contributed by atoms with Gasteiger partial charge in [-0.1, -0.05) is 5.16 Å². The molecule has 0 unspecified atom stereocenters. The molecule has 80 valence electrons. The van der Waals surface area contributed by atoms with Crippen molar-refractivity contribution < 1.29 is 8.91 Å². The van der Waals surface area contributed by atoms with Gasteiger partial charge in [-0.15, -0.1) is 0 Å². The van der Waals surface area contributed by atoms with Gasteiger partial charge in [-0.05, 0) is 18.2 Å². The molecule has 4 nitrogen and oxygen atoms in total. The van der Waals surface area contributed by atoms with Crippen LogP contribution in [-0.4, -0.2) is 10.1 Å². The van der Waals surface area contributed by atoms with Crippen molar-refractivity contribution in [1.82, 2.24) is 10.1 Å². The lowest BCUT2D eigenvalue weighted by molar-refractivity contribution is 0.436. The topological polar surface area (TPSA) is 67.8 Å². The summed E-state index contributed by atoms with van der Waals surface area (Å²) in [5.74, 6) is 0.611. The minimum absolute atomic E-state index is 0.280. The zero-order valence-corrected chi connectivity index (χ0v) is 8.20. The van der Waals surface area contributed by atoms with Gasteiger partial charge in [-0.3, -0.25) is 0 Å². The van der Waals surface area contributed by atoms with E-state index in [1.807, 2.05) is 0 Å². The molecule has 2 aromatic heterocycles. The fraction of sp³-hybridized carbons (Fsp3) is 0. The number of benzene rings is 1. The Morgan fingerprint density at radius 1 is 1.31 bits per heavy atom. The van der Waals surface area contributed by atoms with Crippen LogP contribution in [0.15, 0.2) is 35.0 Å². The van der Waals surface area contributed by atoms with Gasteiger partial charge in [0, 0.05) is 28.7 Å². The fourth-order valence-electron chi connectivity index (χ4n) is 1.72. The molecule has 0 atom stereocenters. The highest BCUT2D eigenvalue weighted by Gasteiger charge is 2.10. The predicted molar refractivity (Wildman–Crippen MR) is 58.2 cm³/mol. The Morgan fingerprint density at radius 2 is 2.19 bits per heavy atom. The van der Waals surface area contributed by atoms with Crippen molar-refractivity contribution >= 4 is 16.7 Å². The van der Waals surface area contributed by atoms with Crippen molar-refractivity contribution in [3.05, 3.63) is 36.3 Å². The summed E-state index contributed by atoms with van der Waals surface area (Å²) in [6, 6.07) is 6.15. The third-order valence-electron chi connectivity index (χ3n) is 2.44. The number of nitrogen functional groups attached to an aromatic ring is 1. The fourth-order valence-corrected chi connectivity index (χ4v) is 1.72.